The second kappa shape index (κ2) is 3.31. The molecule has 1 fully saturated rings. The number of carbonyl (C=O) groups is 1. The number of nitrogens with zero attached hydrogens (tertiary/aromatic N) is 1. The highest BCUT2D eigenvalue weighted by Crippen LogP contribution is 2.20. The van der Waals surface area contributed by atoms with Crippen LogP contribution in [0.15, 0.2) is 0 Å². The molecule has 2 N–H and O–H groups in total. The van der Waals surface area contributed by atoms with Crippen molar-refractivity contribution in [1.29, 1.82) is 0 Å². The SMILES string of the molecule is CC(C)N1C(=O)OC(CN)C1C. The van der Waals surface area contributed by atoms with E-state index in [1.54, 1.807) is 4.90 Å². The summed E-state index contributed by atoms with van der Waals surface area (Å²) in [4.78, 5) is 13.0. The maximum absolute atomic E-state index is 11.2. The Morgan fingerprint density at radius 1 is 1.67 bits per heavy atom. The van der Waals surface area contributed by atoms with Crippen LogP contribution in [0.4, 0.5) is 4.79 Å². The van der Waals surface area contributed by atoms with E-state index in [-0.39, 0.29) is 24.3 Å². The molecule has 0 aliphatic carbocycles. The van der Waals surface area contributed by atoms with Crippen LogP contribution < -0.4 is 5.73 Å². The summed E-state index contributed by atoms with van der Waals surface area (Å²) >= 11 is 0. The number of carbonyl (C=O) groups excluding carboxylic acids is 1. The minimum absolute atomic E-state index is 0.0995. The zero-order valence-corrected chi connectivity index (χ0v) is 7.78. The Morgan fingerprint density at radius 3 is 2.50 bits per heavy atom. The number of rotatable bonds is 2. The van der Waals surface area contributed by atoms with E-state index >= 15 is 0 Å². The first-order valence-corrected chi connectivity index (χ1v) is 4.27. The van der Waals surface area contributed by atoms with Gasteiger partial charge in [-0.15, -0.1) is 0 Å². The van der Waals surface area contributed by atoms with Crippen molar-refractivity contribution in [3.05, 3.63) is 0 Å². The van der Waals surface area contributed by atoms with Gasteiger partial charge in [0, 0.05) is 12.6 Å². The highest BCUT2D eigenvalue weighted by Gasteiger charge is 2.38. The molecule has 0 aromatic heterocycles. The fourth-order valence-corrected chi connectivity index (χ4v) is 1.56. The average molecular weight is 172 g/mol. The molecule has 70 valence electrons. The predicted octanol–water partition coefficient (Wildman–Crippen LogP) is 0.563. The molecule has 0 aromatic rings. The molecule has 1 heterocycles. The lowest BCUT2D eigenvalue weighted by molar-refractivity contribution is 0.131. The van der Waals surface area contributed by atoms with E-state index in [1.807, 2.05) is 20.8 Å². The van der Waals surface area contributed by atoms with Gasteiger partial charge in [0.05, 0.1) is 6.04 Å². The van der Waals surface area contributed by atoms with Crippen LogP contribution in [0.3, 0.4) is 0 Å². The van der Waals surface area contributed by atoms with Crippen molar-refractivity contribution in [2.24, 2.45) is 5.73 Å². The molecule has 2 atom stereocenters. The summed E-state index contributed by atoms with van der Waals surface area (Å²) in [5.74, 6) is 0. The quantitative estimate of drug-likeness (QED) is 0.662. The first-order valence-electron chi connectivity index (χ1n) is 4.27. The van der Waals surface area contributed by atoms with Crippen LogP contribution in [-0.4, -0.2) is 35.7 Å². The van der Waals surface area contributed by atoms with Crippen LogP contribution in [0.5, 0.6) is 0 Å². The van der Waals surface area contributed by atoms with E-state index in [4.69, 9.17) is 10.5 Å². The van der Waals surface area contributed by atoms with Gasteiger partial charge in [0.2, 0.25) is 0 Å². The number of amides is 1. The Labute approximate surface area is 72.7 Å². The number of nitrogens with two attached hydrogens (primary N) is 1. The minimum Gasteiger partial charge on any atom is -0.443 e. The lowest BCUT2D eigenvalue weighted by Gasteiger charge is -2.23. The Morgan fingerprint density at radius 2 is 2.25 bits per heavy atom. The highest BCUT2D eigenvalue weighted by molar-refractivity contribution is 5.71. The third-order valence-corrected chi connectivity index (χ3v) is 2.23. The van der Waals surface area contributed by atoms with Crippen molar-refractivity contribution in [3.8, 4) is 0 Å². The second-order valence-electron chi connectivity index (χ2n) is 3.40. The predicted molar refractivity (Wildman–Crippen MR) is 45.8 cm³/mol. The van der Waals surface area contributed by atoms with Crippen molar-refractivity contribution in [2.45, 2.75) is 39.0 Å². The van der Waals surface area contributed by atoms with E-state index in [0.717, 1.165) is 0 Å². The summed E-state index contributed by atoms with van der Waals surface area (Å²) in [6.45, 7) is 6.30. The zero-order valence-electron chi connectivity index (χ0n) is 7.78. The largest absolute Gasteiger partial charge is 0.443 e. The molecule has 1 rings (SSSR count). The Bertz CT molecular complexity index is 182. The molecule has 1 aliphatic rings. The summed E-state index contributed by atoms with van der Waals surface area (Å²) in [6.07, 6.45) is -0.382. The molecule has 0 aromatic carbocycles. The Kier molecular flexibility index (Phi) is 2.57. The molecule has 0 saturated carbocycles. The molecule has 0 spiro atoms. The third-order valence-electron chi connectivity index (χ3n) is 2.23. The molecule has 1 amide bonds. The summed E-state index contributed by atoms with van der Waals surface area (Å²) in [7, 11) is 0. The van der Waals surface area contributed by atoms with Gasteiger partial charge in [-0.3, -0.25) is 4.90 Å². The van der Waals surface area contributed by atoms with Crippen molar-refractivity contribution in [1.82, 2.24) is 4.90 Å². The van der Waals surface area contributed by atoms with E-state index in [0.29, 0.717) is 6.54 Å². The molecule has 0 radical (unpaired) electrons. The van der Waals surface area contributed by atoms with Crippen molar-refractivity contribution >= 4 is 6.09 Å². The summed E-state index contributed by atoms with van der Waals surface area (Å²) < 4.78 is 5.06. The van der Waals surface area contributed by atoms with Gasteiger partial charge in [-0.2, -0.15) is 0 Å². The van der Waals surface area contributed by atoms with Crippen molar-refractivity contribution in [2.75, 3.05) is 6.54 Å². The van der Waals surface area contributed by atoms with Gasteiger partial charge in [-0.05, 0) is 20.8 Å². The van der Waals surface area contributed by atoms with Crippen LogP contribution in [0.2, 0.25) is 0 Å². The summed E-state index contributed by atoms with van der Waals surface area (Å²) in [5, 5.41) is 0. The second-order valence-corrected chi connectivity index (χ2v) is 3.40. The number of cyclic esters (lactones) is 1. The molecule has 4 nitrogen and oxygen atoms in total. The minimum atomic E-state index is -0.243. The molecule has 1 saturated heterocycles. The van der Waals surface area contributed by atoms with Gasteiger partial charge >= 0.3 is 6.09 Å². The van der Waals surface area contributed by atoms with Gasteiger partial charge in [0.25, 0.3) is 0 Å². The van der Waals surface area contributed by atoms with E-state index < -0.39 is 0 Å². The maximum atomic E-state index is 11.2. The standard InChI is InChI=1S/C8H16N2O2/c1-5(2)10-6(3)7(4-9)12-8(10)11/h5-7H,4,9H2,1-3H3. The third kappa shape index (κ3) is 1.39. The lowest BCUT2D eigenvalue weighted by atomic mass is 10.1. The molecule has 0 bridgehead atoms. The fourth-order valence-electron chi connectivity index (χ4n) is 1.56. The molecule has 12 heavy (non-hydrogen) atoms. The van der Waals surface area contributed by atoms with E-state index in [2.05, 4.69) is 0 Å². The normalized spacial score (nSPS) is 29.8. The van der Waals surface area contributed by atoms with Crippen LogP contribution in [0, 0.1) is 0 Å². The number of hydrogen-bond donors (Lipinski definition) is 1. The van der Waals surface area contributed by atoms with E-state index in [9.17, 15) is 4.79 Å². The zero-order chi connectivity index (χ0) is 9.30. The molecular formula is C8H16N2O2. The van der Waals surface area contributed by atoms with Crippen LogP contribution in [0.1, 0.15) is 20.8 Å². The van der Waals surface area contributed by atoms with Crippen LogP contribution in [0.25, 0.3) is 0 Å². The van der Waals surface area contributed by atoms with Gasteiger partial charge < -0.3 is 10.5 Å². The lowest BCUT2D eigenvalue weighted by Crippen LogP contribution is -2.41. The fraction of sp³-hybridized carbons (Fsp3) is 0.875. The number of ether oxygens (including phenoxy) is 1. The first-order chi connectivity index (χ1) is 5.57. The van der Waals surface area contributed by atoms with Gasteiger partial charge in [0.1, 0.15) is 6.10 Å². The number of hydrogen-bond acceptors (Lipinski definition) is 3. The molecule has 1 aliphatic heterocycles. The summed E-state index contributed by atoms with van der Waals surface area (Å²) in [5.41, 5.74) is 5.44. The Hall–Kier alpha value is -0.770. The van der Waals surface area contributed by atoms with E-state index in [1.165, 1.54) is 0 Å². The van der Waals surface area contributed by atoms with Gasteiger partial charge in [-0.1, -0.05) is 0 Å². The van der Waals surface area contributed by atoms with Crippen LogP contribution >= 0.6 is 0 Å². The monoisotopic (exact) mass is 172 g/mol. The smallest absolute Gasteiger partial charge is 0.410 e. The molecule has 4 heteroatoms. The maximum Gasteiger partial charge on any atom is 0.410 e. The van der Waals surface area contributed by atoms with Gasteiger partial charge in [0.15, 0.2) is 0 Å². The van der Waals surface area contributed by atoms with Crippen LogP contribution in [-0.2, 0) is 4.74 Å². The molecular weight excluding hydrogens is 156 g/mol. The average Bonchev–Trinajstić information content (AvgIpc) is 2.25. The topological polar surface area (TPSA) is 55.6 Å². The van der Waals surface area contributed by atoms with Crippen molar-refractivity contribution in [3.63, 3.8) is 0 Å². The highest BCUT2D eigenvalue weighted by atomic mass is 16.6. The van der Waals surface area contributed by atoms with Crippen molar-refractivity contribution < 1.29 is 9.53 Å². The molecule has 2 unspecified atom stereocenters. The Balaban J connectivity index is 2.70. The van der Waals surface area contributed by atoms with Gasteiger partial charge in [-0.25, -0.2) is 4.79 Å². The summed E-state index contributed by atoms with van der Waals surface area (Å²) in [6, 6.07) is 0.284. The first kappa shape index (κ1) is 9.32.